The van der Waals surface area contributed by atoms with Gasteiger partial charge in [0.2, 0.25) is 5.91 Å². The van der Waals surface area contributed by atoms with E-state index in [0.717, 1.165) is 27.2 Å². The van der Waals surface area contributed by atoms with Gasteiger partial charge in [-0.1, -0.05) is 29.9 Å². The number of thiazole rings is 1. The average Bonchev–Trinajstić information content (AvgIpc) is 3.11. The lowest BCUT2D eigenvalue weighted by Gasteiger charge is -2.20. The van der Waals surface area contributed by atoms with Gasteiger partial charge in [-0.15, -0.1) is 0 Å². The van der Waals surface area contributed by atoms with E-state index in [1.807, 2.05) is 24.3 Å². The summed E-state index contributed by atoms with van der Waals surface area (Å²) in [6.07, 6.45) is 6.03. The number of carbonyl (C=O) groups excluding carboxylic acids is 1. The second-order valence-electron chi connectivity index (χ2n) is 6.17. The first-order chi connectivity index (χ1) is 9.78. The molecule has 0 spiro atoms. The molecule has 3 unspecified atom stereocenters. The third-order valence-corrected chi connectivity index (χ3v) is 5.82. The van der Waals surface area contributed by atoms with E-state index in [0.29, 0.717) is 12.3 Å². The molecule has 1 heterocycles. The van der Waals surface area contributed by atoms with Crippen molar-refractivity contribution in [3.63, 3.8) is 0 Å². The molecule has 1 N–H and O–H groups in total. The van der Waals surface area contributed by atoms with Crippen LogP contribution in [-0.4, -0.2) is 10.9 Å². The highest BCUT2D eigenvalue weighted by atomic mass is 32.1. The monoisotopic (exact) mass is 286 g/mol. The Hall–Kier alpha value is -1.42. The first kappa shape index (κ1) is 12.3. The number of hydrogen-bond acceptors (Lipinski definition) is 3. The molecule has 4 rings (SSSR count). The molecule has 0 aliphatic heterocycles. The van der Waals surface area contributed by atoms with Gasteiger partial charge in [0.25, 0.3) is 0 Å². The summed E-state index contributed by atoms with van der Waals surface area (Å²) < 4.78 is 1.13. The van der Waals surface area contributed by atoms with Crippen molar-refractivity contribution >= 4 is 32.6 Å². The lowest BCUT2D eigenvalue weighted by molar-refractivity contribution is -0.117. The molecule has 3 nitrogen and oxygen atoms in total. The number of hydrogen-bond donors (Lipinski definition) is 1. The maximum atomic E-state index is 12.2. The van der Waals surface area contributed by atoms with Crippen molar-refractivity contribution in [3.05, 3.63) is 24.3 Å². The van der Waals surface area contributed by atoms with Crippen LogP contribution in [0, 0.1) is 17.8 Å². The zero-order valence-corrected chi connectivity index (χ0v) is 12.2. The van der Waals surface area contributed by atoms with Crippen molar-refractivity contribution < 1.29 is 4.79 Å². The zero-order valence-electron chi connectivity index (χ0n) is 11.3. The van der Waals surface area contributed by atoms with Gasteiger partial charge in [0.15, 0.2) is 5.13 Å². The van der Waals surface area contributed by atoms with Crippen LogP contribution in [0.4, 0.5) is 5.13 Å². The Morgan fingerprint density at radius 1 is 1.30 bits per heavy atom. The van der Waals surface area contributed by atoms with E-state index in [1.165, 1.54) is 25.7 Å². The predicted octanol–water partition coefficient (Wildman–Crippen LogP) is 4.06. The molecule has 0 saturated heterocycles. The van der Waals surface area contributed by atoms with E-state index in [-0.39, 0.29) is 5.91 Å². The Labute approximate surface area is 122 Å². The van der Waals surface area contributed by atoms with Crippen LogP contribution in [0.5, 0.6) is 0 Å². The van der Waals surface area contributed by atoms with E-state index in [9.17, 15) is 4.79 Å². The van der Waals surface area contributed by atoms with Crippen molar-refractivity contribution in [2.24, 2.45) is 17.8 Å². The largest absolute Gasteiger partial charge is 0.302 e. The van der Waals surface area contributed by atoms with Crippen LogP contribution in [0.3, 0.4) is 0 Å². The second-order valence-corrected chi connectivity index (χ2v) is 7.20. The van der Waals surface area contributed by atoms with Crippen LogP contribution >= 0.6 is 11.3 Å². The van der Waals surface area contributed by atoms with Gasteiger partial charge in [0.05, 0.1) is 10.2 Å². The minimum atomic E-state index is 0.140. The Balaban J connectivity index is 1.42. The number of amides is 1. The van der Waals surface area contributed by atoms with Crippen LogP contribution in [0.15, 0.2) is 24.3 Å². The summed E-state index contributed by atoms with van der Waals surface area (Å²) in [4.78, 5) is 16.6. The quantitative estimate of drug-likeness (QED) is 0.924. The predicted molar refractivity (Wildman–Crippen MR) is 81.8 cm³/mol. The van der Waals surface area contributed by atoms with E-state index in [1.54, 1.807) is 11.3 Å². The van der Waals surface area contributed by atoms with Gasteiger partial charge in [-0.05, 0) is 49.1 Å². The summed E-state index contributed by atoms with van der Waals surface area (Å²) in [6, 6.07) is 8.00. The molecule has 104 valence electrons. The molecule has 2 aliphatic carbocycles. The first-order valence-corrected chi connectivity index (χ1v) is 8.25. The summed E-state index contributed by atoms with van der Waals surface area (Å²) in [5.41, 5.74) is 0.965. The van der Waals surface area contributed by atoms with Gasteiger partial charge < -0.3 is 5.32 Å². The molecule has 0 radical (unpaired) electrons. The molecule has 4 heteroatoms. The maximum Gasteiger partial charge on any atom is 0.226 e. The van der Waals surface area contributed by atoms with Crippen molar-refractivity contribution in [3.8, 4) is 0 Å². The summed E-state index contributed by atoms with van der Waals surface area (Å²) >= 11 is 1.56. The summed E-state index contributed by atoms with van der Waals surface area (Å²) in [5.74, 6) is 2.46. The molecule has 2 aliphatic rings. The van der Waals surface area contributed by atoms with Gasteiger partial charge in [0, 0.05) is 6.42 Å². The number of rotatable bonds is 3. The lowest BCUT2D eigenvalue weighted by atomic mass is 9.86. The normalized spacial score (nSPS) is 28.1. The van der Waals surface area contributed by atoms with Crippen LogP contribution in [-0.2, 0) is 4.79 Å². The Bertz CT molecular complexity index is 618. The fourth-order valence-corrected chi connectivity index (χ4v) is 4.84. The van der Waals surface area contributed by atoms with Crippen LogP contribution in [0.1, 0.15) is 32.1 Å². The third-order valence-electron chi connectivity index (χ3n) is 4.87. The molecule has 1 aromatic heterocycles. The number of benzene rings is 1. The maximum absolute atomic E-state index is 12.2. The van der Waals surface area contributed by atoms with E-state index >= 15 is 0 Å². The molecule has 2 fully saturated rings. The summed E-state index contributed by atoms with van der Waals surface area (Å²) in [5, 5.41) is 3.72. The van der Waals surface area contributed by atoms with Gasteiger partial charge >= 0.3 is 0 Å². The third kappa shape index (κ3) is 2.22. The smallest absolute Gasteiger partial charge is 0.226 e. The lowest BCUT2D eigenvalue weighted by Crippen LogP contribution is -2.20. The van der Waals surface area contributed by atoms with E-state index < -0.39 is 0 Å². The molecule has 20 heavy (non-hydrogen) atoms. The highest BCUT2D eigenvalue weighted by Crippen LogP contribution is 2.49. The van der Waals surface area contributed by atoms with Crippen molar-refractivity contribution in [1.29, 1.82) is 0 Å². The fourth-order valence-electron chi connectivity index (χ4n) is 3.96. The Morgan fingerprint density at radius 3 is 2.95 bits per heavy atom. The highest BCUT2D eigenvalue weighted by molar-refractivity contribution is 7.22. The van der Waals surface area contributed by atoms with Gasteiger partial charge in [0.1, 0.15) is 0 Å². The molecule has 2 bridgehead atoms. The van der Waals surface area contributed by atoms with Gasteiger partial charge in [-0.2, -0.15) is 0 Å². The van der Waals surface area contributed by atoms with Crippen molar-refractivity contribution in [2.75, 3.05) is 5.32 Å². The number of fused-ring (bicyclic) bond motifs is 3. The molecule has 1 aromatic carbocycles. The number of aromatic nitrogens is 1. The fraction of sp³-hybridized carbons (Fsp3) is 0.500. The molecule has 2 saturated carbocycles. The number of nitrogens with one attached hydrogen (secondary N) is 1. The molecule has 3 atom stereocenters. The molecular formula is C16H18N2OS. The van der Waals surface area contributed by atoms with E-state index in [4.69, 9.17) is 0 Å². The number of nitrogens with zero attached hydrogens (tertiary/aromatic N) is 1. The van der Waals surface area contributed by atoms with Crippen LogP contribution in [0.2, 0.25) is 0 Å². The minimum absolute atomic E-state index is 0.140. The molecule has 2 aromatic rings. The van der Waals surface area contributed by atoms with E-state index in [2.05, 4.69) is 10.3 Å². The number of carbonyl (C=O) groups is 1. The second kappa shape index (κ2) is 4.85. The van der Waals surface area contributed by atoms with Crippen molar-refractivity contribution in [2.45, 2.75) is 32.1 Å². The van der Waals surface area contributed by atoms with Crippen LogP contribution < -0.4 is 5.32 Å². The zero-order chi connectivity index (χ0) is 13.5. The Morgan fingerprint density at radius 2 is 2.20 bits per heavy atom. The number of para-hydroxylation sites is 1. The SMILES string of the molecule is O=C(CC1CC2CCC1C2)Nc1nc2ccccc2s1. The van der Waals surface area contributed by atoms with Gasteiger partial charge in [-0.25, -0.2) is 4.98 Å². The topological polar surface area (TPSA) is 42.0 Å². The summed E-state index contributed by atoms with van der Waals surface area (Å²) in [7, 11) is 0. The summed E-state index contributed by atoms with van der Waals surface area (Å²) in [6.45, 7) is 0. The first-order valence-electron chi connectivity index (χ1n) is 7.43. The minimum Gasteiger partial charge on any atom is -0.302 e. The van der Waals surface area contributed by atoms with Gasteiger partial charge in [-0.3, -0.25) is 4.79 Å². The standard InChI is InChI=1S/C16H18N2OS/c19-15(9-12-8-10-5-6-11(12)7-10)18-16-17-13-3-1-2-4-14(13)20-16/h1-4,10-12H,5-9H2,(H,17,18,19). The molecule has 1 amide bonds. The van der Waals surface area contributed by atoms with Crippen molar-refractivity contribution in [1.82, 2.24) is 4.98 Å². The van der Waals surface area contributed by atoms with Crippen LogP contribution in [0.25, 0.3) is 10.2 Å². The number of anilines is 1. The average molecular weight is 286 g/mol. The molecular weight excluding hydrogens is 268 g/mol. The highest BCUT2D eigenvalue weighted by Gasteiger charge is 2.40. The Kier molecular flexibility index (Phi) is 2.99.